The van der Waals surface area contributed by atoms with Crippen molar-refractivity contribution in [2.24, 2.45) is 5.92 Å². The molecule has 4 N–H and O–H groups in total. The monoisotopic (exact) mass is 1310 g/mol. The molecule has 9 atom stereocenters. The Balaban J connectivity index is 1.33. The number of amides is 10. The smallest absolute Gasteiger partial charge is 0.246 e. The van der Waals surface area contributed by atoms with Crippen LogP contribution >= 0.6 is 22.9 Å². The number of halogens is 2. The second kappa shape index (κ2) is 34.2. The quantitative estimate of drug-likeness (QED) is 0.125. The summed E-state index contributed by atoms with van der Waals surface area (Å²) in [6, 6.07) is 9.49. The van der Waals surface area contributed by atoms with Crippen molar-refractivity contribution in [1.82, 2.24) is 55.7 Å². The van der Waals surface area contributed by atoms with Crippen molar-refractivity contribution < 1.29 is 61.8 Å². The third-order valence-electron chi connectivity index (χ3n) is 17.9. The number of nitrogens with one attached hydrogen (secondary N) is 4. The van der Waals surface area contributed by atoms with E-state index in [2.05, 4.69) is 26.3 Å². The Labute approximate surface area is 546 Å². The van der Waals surface area contributed by atoms with Crippen molar-refractivity contribution in [3.63, 3.8) is 0 Å². The molecule has 92 heavy (non-hydrogen) atoms. The second-order valence-electron chi connectivity index (χ2n) is 24.1. The molecule has 3 heterocycles. The molecular weight excluding hydrogens is 1230 g/mol. The topological polar surface area (TPSA) is 270 Å². The zero-order chi connectivity index (χ0) is 66.8. The van der Waals surface area contributed by atoms with E-state index >= 15 is 19.2 Å². The van der Waals surface area contributed by atoms with Crippen molar-refractivity contribution in [3.05, 3.63) is 123 Å². The van der Waals surface area contributed by atoms with Gasteiger partial charge in [-0.2, -0.15) is 0 Å². The molecule has 1 saturated carbocycles. The number of benzene rings is 3. The zero-order valence-corrected chi connectivity index (χ0v) is 55.2. The van der Waals surface area contributed by atoms with Crippen molar-refractivity contribution in [2.45, 2.75) is 145 Å². The molecule has 1 aromatic heterocycles. The van der Waals surface area contributed by atoms with Crippen LogP contribution < -0.4 is 21.3 Å². The first-order valence-corrected chi connectivity index (χ1v) is 32.6. The van der Waals surface area contributed by atoms with Crippen LogP contribution in [0.25, 0.3) is 0 Å². The average molecular weight is 1310 g/mol. The number of ether oxygens (including phenoxy) is 2. The fourth-order valence-corrected chi connectivity index (χ4v) is 12.8. The number of likely N-dealkylation sites (N-methyl/N-ethyl adjacent to an activating group) is 4. The van der Waals surface area contributed by atoms with Crippen LogP contribution in [-0.2, 0) is 83.1 Å². The number of thiazole rings is 1. The maximum absolute atomic E-state index is 15.6. The number of hydrogen-bond acceptors (Lipinski definition) is 14. The lowest BCUT2D eigenvalue weighted by atomic mass is 9.95. The molecule has 7 rings (SSSR count). The van der Waals surface area contributed by atoms with Gasteiger partial charge >= 0.3 is 0 Å². The predicted molar refractivity (Wildman–Crippen MR) is 343 cm³/mol. The average Bonchev–Trinajstić information content (AvgIpc) is 1.40. The maximum Gasteiger partial charge on any atom is 0.246 e. The van der Waals surface area contributed by atoms with Gasteiger partial charge in [0.15, 0.2) is 0 Å². The molecule has 2 saturated heterocycles. The number of fused-ring (bicyclic) bond motifs is 1. The molecule has 2 aliphatic heterocycles. The van der Waals surface area contributed by atoms with Crippen LogP contribution in [0, 0.1) is 11.7 Å². The summed E-state index contributed by atoms with van der Waals surface area (Å²) in [5, 5.41) is 13.5. The van der Waals surface area contributed by atoms with E-state index in [0.29, 0.717) is 33.8 Å². The summed E-state index contributed by atoms with van der Waals surface area (Å²) in [6.45, 7) is 2.17. The van der Waals surface area contributed by atoms with E-state index in [9.17, 15) is 33.2 Å². The lowest BCUT2D eigenvalue weighted by molar-refractivity contribution is -0.150. The number of carbonyl (C=O) groups is 10. The fourth-order valence-electron chi connectivity index (χ4n) is 12.1. The molecular formula is C66H87ClFN11O12S. The molecule has 0 spiro atoms. The summed E-state index contributed by atoms with van der Waals surface area (Å²) >= 11 is 7.60. The van der Waals surface area contributed by atoms with Crippen molar-refractivity contribution in [1.29, 1.82) is 0 Å². The van der Waals surface area contributed by atoms with E-state index in [1.54, 1.807) is 59.4 Å². The summed E-state index contributed by atoms with van der Waals surface area (Å²) in [5.41, 5.74) is 3.72. The van der Waals surface area contributed by atoms with Gasteiger partial charge in [-0.05, 0) is 86.4 Å². The van der Waals surface area contributed by atoms with Crippen molar-refractivity contribution in [3.8, 4) is 0 Å². The Hall–Kier alpha value is -7.87. The van der Waals surface area contributed by atoms with Gasteiger partial charge < -0.3 is 60.1 Å². The van der Waals surface area contributed by atoms with Gasteiger partial charge in [-0.25, -0.2) is 9.37 Å². The maximum atomic E-state index is 15.6. The van der Waals surface area contributed by atoms with Gasteiger partial charge in [0.05, 0.1) is 24.4 Å². The van der Waals surface area contributed by atoms with Gasteiger partial charge in [-0.15, -0.1) is 11.3 Å². The number of hydrogen-bond donors (Lipinski definition) is 4. The van der Waals surface area contributed by atoms with Crippen LogP contribution in [0.15, 0.2) is 89.8 Å². The van der Waals surface area contributed by atoms with Gasteiger partial charge in [0.1, 0.15) is 60.2 Å². The number of aromatic nitrogens is 1. The summed E-state index contributed by atoms with van der Waals surface area (Å²) in [6.07, 6.45) is 3.57. The first-order chi connectivity index (χ1) is 44.0. The third kappa shape index (κ3) is 19.1. The molecule has 0 unspecified atom stereocenters. The minimum Gasteiger partial charge on any atom is -0.385 e. The van der Waals surface area contributed by atoms with Crippen LogP contribution in [-0.4, -0.2) is 223 Å². The van der Waals surface area contributed by atoms with Gasteiger partial charge in [-0.3, -0.25) is 47.9 Å². The molecule has 0 radical (unpaired) electrons. The van der Waals surface area contributed by atoms with Crippen molar-refractivity contribution in [2.75, 3.05) is 75.3 Å². The molecule has 3 fully saturated rings. The highest BCUT2D eigenvalue weighted by Gasteiger charge is 2.44. The fraction of sp³-hybridized carbons (Fsp3) is 0.530. The summed E-state index contributed by atoms with van der Waals surface area (Å²) in [4.78, 5) is 161. The minimum absolute atomic E-state index is 0.00514. The SMILES string of the molecule is COCC[C@@H]1NC(=O)[C@H]2CCCN2C(=O)[C@H](Cc2ccccc2)N(C)C(=O)[C@H](Cc2ccc(Cl)cc2)NC(=O)[C@H](CC2CCCC2)N(C)C(=O)[C@H](Cc2ccc(F)cc2)NC(=O)CN(CCOC)C(=O)[C@@H](C)N(C)C(=O)[C@H](Cc2cscn2)NC(=O)[C@H](C)N(C)C1=O. The van der Waals surface area contributed by atoms with Gasteiger partial charge in [0, 0.05) is 98.2 Å². The molecule has 4 aromatic rings. The largest absolute Gasteiger partial charge is 0.385 e. The minimum atomic E-state index is -1.42. The van der Waals surface area contributed by atoms with Gasteiger partial charge in [-0.1, -0.05) is 91.9 Å². The number of methoxy groups -OCH3 is 2. The molecule has 3 aromatic carbocycles. The Morgan fingerprint density at radius 1 is 0.565 bits per heavy atom. The van der Waals surface area contributed by atoms with Gasteiger partial charge in [0.25, 0.3) is 0 Å². The summed E-state index contributed by atoms with van der Waals surface area (Å²) < 4.78 is 25.1. The molecule has 0 bridgehead atoms. The summed E-state index contributed by atoms with van der Waals surface area (Å²) in [5.74, 6) is -7.56. The molecule has 3 aliphatic rings. The third-order valence-corrected chi connectivity index (χ3v) is 18.7. The number of nitrogens with zero attached hydrogens (tertiary/aromatic N) is 7. The Morgan fingerprint density at radius 3 is 1.73 bits per heavy atom. The molecule has 23 nitrogen and oxygen atoms in total. The molecule has 1 aliphatic carbocycles. The van der Waals surface area contributed by atoms with E-state index in [-0.39, 0.29) is 77.2 Å². The zero-order valence-electron chi connectivity index (χ0n) is 53.6. The van der Waals surface area contributed by atoms with E-state index in [1.165, 1.54) is 111 Å². The number of carbonyl (C=O) groups excluding carboxylic acids is 10. The van der Waals surface area contributed by atoms with E-state index in [0.717, 1.165) is 35.5 Å². The highest BCUT2D eigenvalue weighted by Crippen LogP contribution is 2.31. The van der Waals surface area contributed by atoms with E-state index in [1.807, 2.05) is 6.07 Å². The first kappa shape index (κ1) is 71.6. The highest BCUT2D eigenvalue weighted by atomic mass is 35.5. The lowest BCUT2D eigenvalue weighted by Crippen LogP contribution is -2.61. The first-order valence-electron chi connectivity index (χ1n) is 31.2. The van der Waals surface area contributed by atoms with E-state index in [4.69, 9.17) is 21.1 Å². The van der Waals surface area contributed by atoms with Crippen molar-refractivity contribution >= 4 is 82.0 Å². The second-order valence-corrected chi connectivity index (χ2v) is 25.3. The normalized spacial score (nSPS) is 24.8. The van der Waals surface area contributed by atoms with Crippen LogP contribution in [0.5, 0.6) is 0 Å². The molecule has 498 valence electrons. The summed E-state index contributed by atoms with van der Waals surface area (Å²) in [7, 11) is 8.47. The Morgan fingerprint density at radius 2 is 1.11 bits per heavy atom. The highest BCUT2D eigenvalue weighted by molar-refractivity contribution is 7.07. The van der Waals surface area contributed by atoms with Crippen LogP contribution in [0.2, 0.25) is 5.02 Å². The van der Waals surface area contributed by atoms with Crippen LogP contribution in [0.1, 0.15) is 87.6 Å². The lowest BCUT2D eigenvalue weighted by Gasteiger charge is -2.37. The van der Waals surface area contributed by atoms with E-state index < -0.39 is 126 Å². The Kier molecular flexibility index (Phi) is 26.6. The molecule has 26 heteroatoms. The number of rotatable bonds is 16. The standard InChI is InChI=1S/C66H87ClFN11O12S/c1-41-58(81)72-53(37-49-39-92-40-69-49)63(86)75(4)42(2)61(84)78(30-32-91-8)38-57(80)70-51(33-46-22-26-48(68)27-23-46)64(87)76(5)55(35-43-17-12-13-18-43)60(83)73-52(34-45-20-24-47(67)25-21-45)65(88)77(6)56(36-44-15-10-9-11-16-44)66(89)79-29-14-19-54(79)59(82)71-50(28-31-90-7)62(85)74(41)3/h9-11,15-16,20-27,39-43,50-56H,12-14,17-19,28-38H2,1-8H3,(H,70,80)(H,71,82)(H,72,81)(H,73,83)/t41-,42+,50-,51-,52-,53-,54+,55-,56-/m0/s1. The predicted octanol–water partition coefficient (Wildman–Crippen LogP) is 3.59. The molecule has 10 amide bonds. The van der Waals surface area contributed by atoms with Crippen LogP contribution in [0.4, 0.5) is 4.39 Å². The Bertz CT molecular complexity index is 3180. The van der Waals surface area contributed by atoms with Crippen LogP contribution in [0.3, 0.4) is 0 Å². The van der Waals surface area contributed by atoms with Gasteiger partial charge in [0.2, 0.25) is 59.1 Å².